The van der Waals surface area contributed by atoms with Crippen LogP contribution in [0.25, 0.3) is 0 Å². The predicted molar refractivity (Wildman–Crippen MR) is 91.2 cm³/mol. The van der Waals surface area contributed by atoms with E-state index >= 15 is 0 Å². The van der Waals surface area contributed by atoms with Gasteiger partial charge in [0, 0.05) is 23.9 Å². The Morgan fingerprint density at radius 2 is 1.67 bits per heavy atom. The van der Waals surface area contributed by atoms with Gasteiger partial charge in [0.2, 0.25) is 5.91 Å². The molecule has 0 fully saturated rings. The van der Waals surface area contributed by atoms with Crippen molar-refractivity contribution in [2.75, 3.05) is 24.2 Å². The van der Waals surface area contributed by atoms with Gasteiger partial charge in [-0.15, -0.1) is 0 Å². The van der Waals surface area contributed by atoms with Gasteiger partial charge in [0.05, 0.1) is 7.05 Å². The highest BCUT2D eigenvalue weighted by Gasteiger charge is 2.11. The van der Waals surface area contributed by atoms with Crippen LogP contribution in [0, 0.1) is 5.82 Å². The second kappa shape index (κ2) is 8.21. The summed E-state index contributed by atoms with van der Waals surface area (Å²) in [6.45, 7) is 2.27. The average molecular weight is 330 g/mol. The van der Waals surface area contributed by atoms with Gasteiger partial charge in [-0.25, -0.2) is 4.39 Å². The number of quaternary nitrogens is 1. The smallest absolute Gasteiger partial charge is 0.279 e. The van der Waals surface area contributed by atoms with E-state index in [2.05, 4.69) is 10.6 Å². The molecule has 0 radical (unpaired) electrons. The Balaban J connectivity index is 1.84. The van der Waals surface area contributed by atoms with E-state index < -0.39 is 0 Å². The van der Waals surface area contributed by atoms with Crippen molar-refractivity contribution >= 4 is 23.2 Å². The first-order valence-corrected chi connectivity index (χ1v) is 7.65. The monoisotopic (exact) mass is 330 g/mol. The minimum absolute atomic E-state index is 0.129. The van der Waals surface area contributed by atoms with Crippen LogP contribution in [0.2, 0.25) is 0 Å². The fourth-order valence-electron chi connectivity index (χ4n) is 2.38. The molecule has 0 spiro atoms. The summed E-state index contributed by atoms with van der Waals surface area (Å²) >= 11 is 0. The Morgan fingerprint density at radius 1 is 1.04 bits per heavy atom. The SMILES string of the molecule is CC(=O)Nc1ccc(NC(=O)C[NH+](C)Cc2cccc(F)c2)cc1. The van der Waals surface area contributed by atoms with E-state index in [1.165, 1.54) is 19.1 Å². The van der Waals surface area contributed by atoms with Crippen molar-refractivity contribution in [2.45, 2.75) is 13.5 Å². The fourth-order valence-corrected chi connectivity index (χ4v) is 2.38. The van der Waals surface area contributed by atoms with E-state index in [0.29, 0.717) is 17.9 Å². The molecule has 3 N–H and O–H groups in total. The molecule has 1 atom stereocenters. The predicted octanol–water partition coefficient (Wildman–Crippen LogP) is 1.44. The Kier molecular flexibility index (Phi) is 6.03. The molecule has 0 bridgehead atoms. The molecular weight excluding hydrogens is 309 g/mol. The van der Waals surface area contributed by atoms with Gasteiger partial charge in [0.25, 0.3) is 5.91 Å². The van der Waals surface area contributed by atoms with E-state index in [0.717, 1.165) is 10.5 Å². The molecule has 126 valence electrons. The first-order valence-electron chi connectivity index (χ1n) is 7.65. The third-order valence-electron chi connectivity index (χ3n) is 3.35. The minimum atomic E-state index is -0.274. The van der Waals surface area contributed by atoms with Crippen molar-refractivity contribution in [1.82, 2.24) is 0 Å². The van der Waals surface area contributed by atoms with Gasteiger partial charge < -0.3 is 15.5 Å². The lowest BCUT2D eigenvalue weighted by Crippen LogP contribution is -3.08. The molecule has 2 aromatic rings. The number of hydrogen-bond acceptors (Lipinski definition) is 2. The number of nitrogens with one attached hydrogen (secondary N) is 3. The van der Waals surface area contributed by atoms with Gasteiger partial charge in [-0.1, -0.05) is 12.1 Å². The summed E-state index contributed by atoms with van der Waals surface area (Å²) in [5, 5.41) is 5.47. The molecule has 0 aromatic heterocycles. The van der Waals surface area contributed by atoms with Crippen LogP contribution in [0.1, 0.15) is 12.5 Å². The van der Waals surface area contributed by atoms with E-state index in [4.69, 9.17) is 0 Å². The highest BCUT2D eigenvalue weighted by atomic mass is 19.1. The second-order valence-corrected chi connectivity index (χ2v) is 5.75. The minimum Gasteiger partial charge on any atom is -0.326 e. The molecule has 0 aliphatic heterocycles. The van der Waals surface area contributed by atoms with E-state index in [1.807, 2.05) is 13.1 Å². The lowest BCUT2D eigenvalue weighted by molar-refractivity contribution is -0.885. The van der Waals surface area contributed by atoms with Crippen LogP contribution in [0.5, 0.6) is 0 Å². The Morgan fingerprint density at radius 3 is 2.25 bits per heavy atom. The van der Waals surface area contributed by atoms with E-state index in [9.17, 15) is 14.0 Å². The Hall–Kier alpha value is -2.73. The van der Waals surface area contributed by atoms with Crippen LogP contribution < -0.4 is 15.5 Å². The first-order chi connectivity index (χ1) is 11.4. The number of hydrogen-bond donors (Lipinski definition) is 3. The number of carbonyl (C=O) groups excluding carboxylic acids is 2. The molecular formula is C18H21FN3O2+. The van der Waals surface area contributed by atoms with Gasteiger partial charge in [0.1, 0.15) is 12.4 Å². The largest absolute Gasteiger partial charge is 0.326 e. The van der Waals surface area contributed by atoms with Gasteiger partial charge in [-0.3, -0.25) is 9.59 Å². The van der Waals surface area contributed by atoms with E-state index in [1.54, 1.807) is 30.3 Å². The number of likely N-dealkylation sites (N-methyl/N-ethyl adjacent to an activating group) is 1. The summed E-state index contributed by atoms with van der Waals surface area (Å²) < 4.78 is 13.2. The third-order valence-corrected chi connectivity index (χ3v) is 3.35. The molecule has 0 saturated heterocycles. The average Bonchev–Trinajstić information content (AvgIpc) is 2.48. The van der Waals surface area contributed by atoms with Gasteiger partial charge in [-0.05, 0) is 36.4 Å². The zero-order valence-electron chi connectivity index (χ0n) is 13.7. The topological polar surface area (TPSA) is 62.6 Å². The van der Waals surface area contributed by atoms with Crippen LogP contribution in [0.15, 0.2) is 48.5 Å². The summed E-state index contributed by atoms with van der Waals surface area (Å²) in [6.07, 6.45) is 0. The molecule has 2 rings (SSSR count). The number of amides is 2. The van der Waals surface area contributed by atoms with Gasteiger partial charge in [0.15, 0.2) is 6.54 Å². The van der Waals surface area contributed by atoms with Crippen LogP contribution in [-0.2, 0) is 16.1 Å². The number of halogens is 1. The number of anilines is 2. The van der Waals surface area contributed by atoms with Crippen LogP contribution >= 0.6 is 0 Å². The van der Waals surface area contributed by atoms with E-state index in [-0.39, 0.29) is 24.2 Å². The molecule has 0 saturated carbocycles. The number of rotatable bonds is 6. The zero-order valence-corrected chi connectivity index (χ0v) is 13.7. The highest BCUT2D eigenvalue weighted by molar-refractivity contribution is 5.92. The molecule has 2 amide bonds. The maximum atomic E-state index is 13.2. The molecule has 0 aliphatic carbocycles. The fraction of sp³-hybridized carbons (Fsp3) is 0.222. The van der Waals surface area contributed by atoms with Crippen molar-refractivity contribution in [1.29, 1.82) is 0 Å². The van der Waals surface area contributed by atoms with Gasteiger partial charge >= 0.3 is 0 Å². The Bertz CT molecular complexity index is 716. The molecule has 5 nitrogen and oxygen atoms in total. The molecule has 6 heteroatoms. The maximum absolute atomic E-state index is 13.2. The summed E-state index contributed by atoms with van der Waals surface area (Å²) in [4.78, 5) is 24.0. The summed E-state index contributed by atoms with van der Waals surface area (Å²) in [5.74, 6) is -0.547. The molecule has 0 aliphatic rings. The van der Waals surface area contributed by atoms with Crippen LogP contribution in [0.4, 0.5) is 15.8 Å². The molecule has 1 unspecified atom stereocenters. The van der Waals surface area contributed by atoms with Crippen LogP contribution in [0.3, 0.4) is 0 Å². The standard InChI is InChI=1S/C18H20FN3O2/c1-13(23)20-16-6-8-17(9-7-16)21-18(24)12-22(2)11-14-4-3-5-15(19)10-14/h3-10H,11-12H2,1-2H3,(H,20,23)(H,21,24)/p+1. The number of carbonyl (C=O) groups is 2. The second-order valence-electron chi connectivity index (χ2n) is 5.75. The highest BCUT2D eigenvalue weighted by Crippen LogP contribution is 2.13. The molecule has 24 heavy (non-hydrogen) atoms. The normalized spacial score (nSPS) is 11.6. The van der Waals surface area contributed by atoms with Crippen molar-refractivity contribution in [3.63, 3.8) is 0 Å². The summed E-state index contributed by atoms with van der Waals surface area (Å²) in [5.41, 5.74) is 2.18. The third kappa shape index (κ3) is 5.81. The summed E-state index contributed by atoms with van der Waals surface area (Å²) in [6, 6.07) is 13.3. The number of benzene rings is 2. The first kappa shape index (κ1) is 17.6. The lowest BCUT2D eigenvalue weighted by atomic mass is 10.2. The van der Waals surface area contributed by atoms with Crippen molar-refractivity contribution in [2.24, 2.45) is 0 Å². The quantitative estimate of drug-likeness (QED) is 0.750. The lowest BCUT2D eigenvalue weighted by Gasteiger charge is -2.14. The van der Waals surface area contributed by atoms with Crippen molar-refractivity contribution in [3.8, 4) is 0 Å². The van der Waals surface area contributed by atoms with Crippen LogP contribution in [-0.4, -0.2) is 25.4 Å². The Labute approximate surface area is 140 Å². The zero-order chi connectivity index (χ0) is 17.5. The molecule has 0 heterocycles. The van der Waals surface area contributed by atoms with Crippen molar-refractivity contribution in [3.05, 3.63) is 59.9 Å². The molecule has 2 aromatic carbocycles. The maximum Gasteiger partial charge on any atom is 0.279 e. The summed E-state index contributed by atoms with van der Waals surface area (Å²) in [7, 11) is 1.88. The van der Waals surface area contributed by atoms with Crippen molar-refractivity contribution < 1.29 is 18.9 Å². The van der Waals surface area contributed by atoms with Gasteiger partial charge in [-0.2, -0.15) is 0 Å².